The number of hydrogen-bond donors (Lipinski definition) is 0. The Morgan fingerprint density at radius 3 is 1.00 bits per heavy atom. The molecule has 1 aromatic carbocycles. The van der Waals surface area contributed by atoms with Gasteiger partial charge in [0.15, 0.2) is 0 Å². The SMILES string of the molecule is C[CH-]c1c(C)c(C)c(C)c(C)c1[CH-]C.[B]C.[Y].[Y]. The van der Waals surface area contributed by atoms with E-state index >= 15 is 0 Å². The van der Waals surface area contributed by atoms with Gasteiger partial charge in [0.05, 0.1) is 7.85 Å². The van der Waals surface area contributed by atoms with Crippen LogP contribution < -0.4 is 0 Å². The predicted octanol–water partition coefficient (Wildman–Crippen LogP) is 4.26. The molecule has 0 bridgehead atoms. The Morgan fingerprint density at radius 1 is 0.611 bits per heavy atom. The van der Waals surface area contributed by atoms with Crippen molar-refractivity contribution in [1.82, 2.24) is 0 Å². The van der Waals surface area contributed by atoms with Gasteiger partial charge >= 0.3 is 0 Å². The average molecular weight is 392 g/mol. The van der Waals surface area contributed by atoms with E-state index in [1.165, 1.54) is 40.2 Å². The number of rotatable bonds is 2. The first-order valence-corrected chi connectivity index (χ1v) is 5.81. The summed E-state index contributed by atoms with van der Waals surface area (Å²) in [4.78, 5) is 0. The van der Waals surface area contributed by atoms with Crippen LogP contribution in [0.2, 0.25) is 6.82 Å². The molecule has 0 heterocycles. The molecular weight excluding hydrogens is 369 g/mol. The Hall–Kier alpha value is 1.23. The van der Waals surface area contributed by atoms with E-state index in [4.69, 9.17) is 0 Å². The van der Waals surface area contributed by atoms with Crippen LogP contribution in [0.1, 0.15) is 47.2 Å². The molecule has 0 aliphatic rings. The molecule has 3 heteroatoms. The molecule has 0 N–H and O–H groups in total. The summed E-state index contributed by atoms with van der Waals surface area (Å²) >= 11 is 0. The van der Waals surface area contributed by atoms with Gasteiger partial charge in [0, 0.05) is 65.4 Å². The molecule has 0 saturated carbocycles. The Labute approximate surface area is 166 Å². The molecule has 1 rings (SSSR count). The zero-order chi connectivity index (χ0) is 12.9. The van der Waals surface area contributed by atoms with Crippen LogP contribution in [0.4, 0.5) is 0 Å². The molecule has 0 unspecified atom stereocenters. The minimum atomic E-state index is 0. The van der Waals surface area contributed by atoms with Crippen molar-refractivity contribution in [3.05, 3.63) is 46.2 Å². The van der Waals surface area contributed by atoms with Gasteiger partial charge < -0.3 is 0 Å². The monoisotopic (exact) mass is 392 g/mol. The molecule has 0 atom stereocenters. The van der Waals surface area contributed by atoms with Crippen LogP contribution in [-0.2, 0) is 65.4 Å². The Kier molecular flexibility index (Phi) is 16.2. The van der Waals surface area contributed by atoms with Crippen LogP contribution in [0, 0.1) is 40.5 Å². The average Bonchev–Trinajstić information content (AvgIpc) is 2.33. The van der Waals surface area contributed by atoms with E-state index in [1.807, 2.05) is 0 Å². The van der Waals surface area contributed by atoms with Gasteiger partial charge in [-0.05, 0) is 0 Å². The molecule has 0 amide bonds. The normalized spacial score (nSPS) is 8.17. The summed E-state index contributed by atoms with van der Waals surface area (Å²) < 4.78 is 0. The molecular formula is C15H23BY2-2. The maximum absolute atomic E-state index is 4.50. The molecule has 0 nitrogen and oxygen atoms in total. The van der Waals surface area contributed by atoms with Crippen LogP contribution in [0.15, 0.2) is 0 Å². The minimum absolute atomic E-state index is 0. The summed E-state index contributed by atoms with van der Waals surface area (Å²) in [5, 5.41) is 0. The zero-order valence-corrected chi connectivity index (χ0v) is 18.6. The van der Waals surface area contributed by atoms with Crippen molar-refractivity contribution in [3.8, 4) is 0 Å². The van der Waals surface area contributed by atoms with Crippen molar-refractivity contribution in [3.63, 3.8) is 0 Å². The second-order valence-corrected chi connectivity index (χ2v) is 3.90. The maximum atomic E-state index is 4.50. The van der Waals surface area contributed by atoms with Gasteiger partial charge in [0.2, 0.25) is 0 Å². The van der Waals surface area contributed by atoms with Crippen LogP contribution >= 0.6 is 0 Å². The van der Waals surface area contributed by atoms with E-state index in [0.717, 1.165) is 0 Å². The quantitative estimate of drug-likeness (QED) is 0.522. The summed E-state index contributed by atoms with van der Waals surface area (Å²) in [6, 6.07) is 0. The van der Waals surface area contributed by atoms with Gasteiger partial charge in [-0.2, -0.15) is 0 Å². The molecule has 0 aromatic heterocycles. The van der Waals surface area contributed by atoms with Crippen LogP contribution in [-0.4, -0.2) is 7.85 Å². The summed E-state index contributed by atoms with van der Waals surface area (Å²) in [7, 11) is 4.50. The second kappa shape index (κ2) is 12.0. The van der Waals surface area contributed by atoms with Gasteiger partial charge in [-0.3, -0.25) is 11.1 Å². The molecule has 0 saturated heterocycles. The molecule has 4 radical (unpaired) electrons. The van der Waals surface area contributed by atoms with Crippen LogP contribution in [0.3, 0.4) is 0 Å². The van der Waals surface area contributed by atoms with E-state index in [0.29, 0.717) is 0 Å². The molecule has 1 aromatic rings. The van der Waals surface area contributed by atoms with E-state index in [9.17, 15) is 0 Å². The third kappa shape index (κ3) is 5.31. The smallest absolute Gasteiger partial charge is 0.0606 e. The van der Waals surface area contributed by atoms with E-state index < -0.39 is 0 Å². The first kappa shape index (κ1) is 24.3. The Bertz CT molecular complexity index is 325. The van der Waals surface area contributed by atoms with Crippen molar-refractivity contribution < 1.29 is 65.4 Å². The van der Waals surface area contributed by atoms with Crippen LogP contribution in [0.25, 0.3) is 0 Å². The third-order valence-electron chi connectivity index (χ3n) is 3.36. The van der Waals surface area contributed by atoms with Crippen molar-refractivity contribution in [2.45, 2.75) is 48.4 Å². The summed E-state index contributed by atoms with van der Waals surface area (Å²) in [6.07, 6.45) is 4.42. The fraction of sp³-hybridized carbons (Fsp3) is 0.467. The van der Waals surface area contributed by atoms with Gasteiger partial charge in [0.1, 0.15) is 0 Å². The predicted molar refractivity (Wildman–Crippen MR) is 75.2 cm³/mol. The maximum Gasteiger partial charge on any atom is 0.0606 e. The van der Waals surface area contributed by atoms with E-state index in [-0.39, 0.29) is 65.4 Å². The topological polar surface area (TPSA) is 0 Å². The largest absolute Gasteiger partial charge is 0.293 e. The van der Waals surface area contributed by atoms with Crippen molar-refractivity contribution in [1.29, 1.82) is 0 Å². The molecule has 0 aliphatic heterocycles. The van der Waals surface area contributed by atoms with E-state index in [1.54, 1.807) is 0 Å². The fourth-order valence-corrected chi connectivity index (χ4v) is 2.11. The van der Waals surface area contributed by atoms with E-state index in [2.05, 4.69) is 62.2 Å². The summed E-state index contributed by atoms with van der Waals surface area (Å²) in [6.45, 7) is 14.6. The molecule has 0 fully saturated rings. The van der Waals surface area contributed by atoms with Crippen molar-refractivity contribution in [2.75, 3.05) is 0 Å². The molecule has 94 valence electrons. The molecule has 0 aliphatic carbocycles. The van der Waals surface area contributed by atoms with Gasteiger partial charge in [-0.1, -0.05) is 34.5 Å². The standard InChI is InChI=1S/C14H20.CH3B.2Y/c1-7-13-11(5)9(3)10(4)12(6)14(13)8-2;1-2;;/h7-8H,1-6H3;1H3;;/q-2;;;. The number of hydrogen-bond acceptors (Lipinski definition) is 0. The third-order valence-corrected chi connectivity index (χ3v) is 3.36. The molecule has 18 heavy (non-hydrogen) atoms. The van der Waals surface area contributed by atoms with Gasteiger partial charge in [-0.15, -0.1) is 25.0 Å². The zero-order valence-electron chi connectivity index (χ0n) is 12.9. The second-order valence-electron chi connectivity index (χ2n) is 3.90. The first-order valence-electron chi connectivity index (χ1n) is 5.81. The Morgan fingerprint density at radius 2 is 0.833 bits per heavy atom. The fourth-order valence-electron chi connectivity index (χ4n) is 2.11. The molecule has 0 spiro atoms. The van der Waals surface area contributed by atoms with Gasteiger partial charge in [0.25, 0.3) is 0 Å². The van der Waals surface area contributed by atoms with Crippen molar-refractivity contribution in [2.24, 2.45) is 0 Å². The summed E-state index contributed by atoms with van der Waals surface area (Å²) in [5.74, 6) is 0. The Balaban J connectivity index is -0.000000534. The van der Waals surface area contributed by atoms with Crippen molar-refractivity contribution >= 4 is 7.85 Å². The minimum Gasteiger partial charge on any atom is -0.293 e. The summed E-state index contributed by atoms with van der Waals surface area (Å²) in [5.41, 5.74) is 8.50. The van der Waals surface area contributed by atoms with Crippen LogP contribution in [0.5, 0.6) is 0 Å². The van der Waals surface area contributed by atoms with Gasteiger partial charge in [-0.25, -0.2) is 24.0 Å². The first-order chi connectivity index (χ1) is 7.54. The number of benzene rings is 1.